The first-order valence-corrected chi connectivity index (χ1v) is 6.06. The Morgan fingerprint density at radius 3 is 2.86 bits per heavy atom. The monoisotopic (exact) mass is 292 g/mol. The SMILES string of the molecule is CCOC(=O)c1coc(Oc2ccc([N+](=O)[O-])c(C)c2)n1. The van der Waals surface area contributed by atoms with Crippen LogP contribution >= 0.6 is 0 Å². The van der Waals surface area contributed by atoms with Gasteiger partial charge in [0.1, 0.15) is 12.0 Å². The summed E-state index contributed by atoms with van der Waals surface area (Å²) in [6, 6.07) is 4.21. The lowest BCUT2D eigenvalue weighted by Crippen LogP contribution is -2.04. The van der Waals surface area contributed by atoms with Crippen molar-refractivity contribution in [2.24, 2.45) is 0 Å². The van der Waals surface area contributed by atoms with Crippen molar-refractivity contribution in [1.29, 1.82) is 0 Å². The van der Waals surface area contributed by atoms with Crippen molar-refractivity contribution in [3.8, 4) is 11.8 Å². The number of aryl methyl sites for hydroxylation is 1. The Morgan fingerprint density at radius 1 is 1.48 bits per heavy atom. The van der Waals surface area contributed by atoms with Gasteiger partial charge < -0.3 is 13.9 Å². The smallest absolute Gasteiger partial charge is 0.399 e. The number of aromatic nitrogens is 1. The third kappa shape index (κ3) is 3.35. The second-order valence-electron chi connectivity index (χ2n) is 4.03. The summed E-state index contributed by atoms with van der Waals surface area (Å²) in [5.41, 5.74) is 0.419. The van der Waals surface area contributed by atoms with Crippen LogP contribution in [-0.2, 0) is 4.74 Å². The molecule has 1 aromatic carbocycles. The molecule has 0 spiro atoms. The molecule has 0 aliphatic rings. The van der Waals surface area contributed by atoms with Crippen molar-refractivity contribution in [2.75, 3.05) is 6.61 Å². The van der Waals surface area contributed by atoms with Gasteiger partial charge in [0.2, 0.25) is 0 Å². The zero-order valence-corrected chi connectivity index (χ0v) is 11.4. The fourth-order valence-electron chi connectivity index (χ4n) is 1.60. The standard InChI is InChI=1S/C13H12N2O6/c1-3-19-12(16)10-7-20-13(14-10)21-9-4-5-11(15(17)18)8(2)6-9/h4-7H,3H2,1-2H3. The minimum atomic E-state index is -0.615. The van der Waals surface area contributed by atoms with E-state index in [2.05, 4.69) is 4.98 Å². The molecule has 0 aliphatic carbocycles. The van der Waals surface area contributed by atoms with Crippen molar-refractivity contribution in [3.63, 3.8) is 0 Å². The highest BCUT2D eigenvalue weighted by atomic mass is 16.6. The summed E-state index contributed by atoms with van der Waals surface area (Å²) in [6.45, 7) is 3.49. The average Bonchev–Trinajstić information content (AvgIpc) is 2.87. The maximum Gasteiger partial charge on any atom is 0.399 e. The molecule has 21 heavy (non-hydrogen) atoms. The molecule has 0 bridgehead atoms. The normalized spacial score (nSPS) is 10.2. The van der Waals surface area contributed by atoms with Crippen molar-refractivity contribution >= 4 is 11.7 Å². The Balaban J connectivity index is 2.14. The van der Waals surface area contributed by atoms with E-state index >= 15 is 0 Å². The van der Waals surface area contributed by atoms with Crippen LogP contribution < -0.4 is 4.74 Å². The van der Waals surface area contributed by atoms with E-state index in [4.69, 9.17) is 13.9 Å². The van der Waals surface area contributed by atoms with Crippen LogP contribution in [0.3, 0.4) is 0 Å². The third-order valence-corrected chi connectivity index (χ3v) is 2.54. The Morgan fingerprint density at radius 2 is 2.24 bits per heavy atom. The van der Waals surface area contributed by atoms with E-state index < -0.39 is 10.9 Å². The number of nitro groups is 1. The quantitative estimate of drug-likeness (QED) is 0.474. The largest absolute Gasteiger partial charge is 0.461 e. The highest BCUT2D eigenvalue weighted by molar-refractivity contribution is 5.86. The highest BCUT2D eigenvalue weighted by Gasteiger charge is 2.16. The van der Waals surface area contributed by atoms with E-state index in [1.165, 1.54) is 18.2 Å². The number of hydrogen-bond donors (Lipinski definition) is 0. The first-order valence-electron chi connectivity index (χ1n) is 6.06. The van der Waals surface area contributed by atoms with Crippen LogP contribution in [0.2, 0.25) is 0 Å². The summed E-state index contributed by atoms with van der Waals surface area (Å²) in [7, 11) is 0. The molecule has 0 fully saturated rings. The van der Waals surface area contributed by atoms with Crippen LogP contribution in [0.25, 0.3) is 0 Å². The summed E-state index contributed by atoms with van der Waals surface area (Å²) in [5, 5.41) is 10.7. The van der Waals surface area contributed by atoms with E-state index in [-0.39, 0.29) is 24.1 Å². The minimum absolute atomic E-state index is 0.00881. The Labute approximate surface area is 119 Å². The fourth-order valence-corrected chi connectivity index (χ4v) is 1.60. The number of hydrogen-bond acceptors (Lipinski definition) is 7. The number of carbonyl (C=O) groups is 1. The molecule has 0 N–H and O–H groups in total. The van der Waals surface area contributed by atoms with Gasteiger partial charge in [-0.25, -0.2) is 4.79 Å². The van der Waals surface area contributed by atoms with Crippen molar-refractivity contribution in [2.45, 2.75) is 13.8 Å². The van der Waals surface area contributed by atoms with Gasteiger partial charge in [0, 0.05) is 11.6 Å². The number of nitrogens with zero attached hydrogens (tertiary/aromatic N) is 2. The van der Waals surface area contributed by atoms with Crippen molar-refractivity contribution < 1.29 is 23.6 Å². The molecule has 0 radical (unpaired) electrons. The van der Waals surface area contributed by atoms with Gasteiger partial charge in [0.15, 0.2) is 5.69 Å². The van der Waals surface area contributed by atoms with Crippen LogP contribution in [0, 0.1) is 17.0 Å². The molecule has 0 amide bonds. The lowest BCUT2D eigenvalue weighted by molar-refractivity contribution is -0.385. The molecular formula is C13H12N2O6. The predicted molar refractivity (Wildman–Crippen MR) is 70.4 cm³/mol. The Hall–Kier alpha value is -2.90. The average molecular weight is 292 g/mol. The molecule has 110 valence electrons. The molecule has 8 heteroatoms. The van der Waals surface area contributed by atoms with Crippen LogP contribution in [0.15, 0.2) is 28.9 Å². The van der Waals surface area contributed by atoms with E-state index in [1.807, 2.05) is 0 Å². The minimum Gasteiger partial charge on any atom is -0.461 e. The molecule has 1 heterocycles. The van der Waals surface area contributed by atoms with Gasteiger partial charge in [-0.2, -0.15) is 4.98 Å². The molecule has 2 aromatic rings. The van der Waals surface area contributed by atoms with E-state index in [0.717, 1.165) is 6.26 Å². The second-order valence-corrected chi connectivity index (χ2v) is 4.03. The zero-order chi connectivity index (χ0) is 15.4. The summed E-state index contributed by atoms with van der Waals surface area (Å²) in [6.07, 6.45) is 0.970. The molecule has 2 rings (SSSR count). The van der Waals surface area contributed by atoms with Crippen LogP contribution in [0.4, 0.5) is 5.69 Å². The highest BCUT2D eigenvalue weighted by Crippen LogP contribution is 2.26. The fraction of sp³-hybridized carbons (Fsp3) is 0.231. The summed E-state index contributed by atoms with van der Waals surface area (Å²) in [4.78, 5) is 25.5. The summed E-state index contributed by atoms with van der Waals surface area (Å²) < 4.78 is 15.0. The first-order chi connectivity index (χ1) is 10.0. The molecule has 0 atom stereocenters. The Bertz CT molecular complexity index is 679. The molecule has 0 unspecified atom stereocenters. The van der Waals surface area contributed by atoms with Gasteiger partial charge in [-0.1, -0.05) is 0 Å². The Kier molecular flexibility index (Phi) is 4.17. The maximum absolute atomic E-state index is 11.4. The van der Waals surface area contributed by atoms with E-state index in [1.54, 1.807) is 13.8 Å². The number of ether oxygens (including phenoxy) is 2. The number of esters is 1. The second kappa shape index (κ2) is 6.04. The zero-order valence-electron chi connectivity index (χ0n) is 11.4. The first kappa shape index (κ1) is 14.5. The molecule has 0 saturated carbocycles. The predicted octanol–water partition coefficient (Wildman–Crippen LogP) is 2.86. The molecular weight excluding hydrogens is 280 g/mol. The van der Waals surface area contributed by atoms with Gasteiger partial charge in [-0.15, -0.1) is 0 Å². The van der Waals surface area contributed by atoms with Crippen molar-refractivity contribution in [3.05, 3.63) is 45.8 Å². The molecule has 1 aromatic heterocycles. The van der Waals surface area contributed by atoms with Gasteiger partial charge in [0.25, 0.3) is 5.69 Å². The lowest BCUT2D eigenvalue weighted by Gasteiger charge is -2.02. The number of rotatable bonds is 5. The number of benzene rings is 1. The van der Waals surface area contributed by atoms with E-state index in [9.17, 15) is 14.9 Å². The third-order valence-electron chi connectivity index (χ3n) is 2.54. The van der Waals surface area contributed by atoms with Gasteiger partial charge in [-0.3, -0.25) is 10.1 Å². The number of carbonyl (C=O) groups excluding carboxylic acids is 1. The molecule has 0 aliphatic heterocycles. The van der Waals surface area contributed by atoms with Crippen LogP contribution in [0.5, 0.6) is 11.8 Å². The maximum atomic E-state index is 11.4. The lowest BCUT2D eigenvalue weighted by atomic mass is 10.2. The van der Waals surface area contributed by atoms with Crippen LogP contribution in [-0.4, -0.2) is 22.5 Å². The van der Waals surface area contributed by atoms with Gasteiger partial charge in [-0.05, 0) is 26.0 Å². The topological polar surface area (TPSA) is 105 Å². The van der Waals surface area contributed by atoms with E-state index in [0.29, 0.717) is 11.3 Å². The number of oxazole rings is 1. The summed E-state index contributed by atoms with van der Waals surface area (Å²) >= 11 is 0. The van der Waals surface area contributed by atoms with Crippen LogP contribution in [0.1, 0.15) is 23.0 Å². The molecule has 8 nitrogen and oxygen atoms in total. The number of nitro benzene ring substituents is 1. The summed E-state index contributed by atoms with van der Waals surface area (Å²) in [5.74, 6) is -0.300. The van der Waals surface area contributed by atoms with Gasteiger partial charge in [0.05, 0.1) is 11.5 Å². The van der Waals surface area contributed by atoms with Crippen molar-refractivity contribution in [1.82, 2.24) is 4.98 Å². The molecule has 0 saturated heterocycles. The van der Waals surface area contributed by atoms with Gasteiger partial charge >= 0.3 is 12.0 Å².